The van der Waals surface area contributed by atoms with Crippen molar-refractivity contribution in [1.29, 1.82) is 5.26 Å². The van der Waals surface area contributed by atoms with Gasteiger partial charge in [-0.3, -0.25) is 0 Å². The molecule has 4 heteroatoms. The summed E-state index contributed by atoms with van der Waals surface area (Å²) in [6.07, 6.45) is 5.04. The largest absolute Gasteiger partial charge is 0.350 e. The van der Waals surface area contributed by atoms with Crippen LogP contribution in [0.15, 0.2) is 4.99 Å². The Hall–Kier alpha value is -0.690. The Kier molecular flexibility index (Phi) is 4.27. The average molecular weight is 211 g/mol. The molecule has 0 N–H and O–H groups in total. The van der Waals surface area contributed by atoms with Crippen LogP contribution in [0.1, 0.15) is 20.3 Å². The van der Waals surface area contributed by atoms with Crippen molar-refractivity contribution < 1.29 is 0 Å². The minimum atomic E-state index is 0.694. The maximum atomic E-state index is 8.54. The average Bonchev–Trinajstić information content (AvgIpc) is 2.19. The van der Waals surface area contributed by atoms with Crippen molar-refractivity contribution in [3.8, 4) is 6.19 Å². The van der Waals surface area contributed by atoms with E-state index in [4.69, 9.17) is 5.26 Å². The van der Waals surface area contributed by atoms with Crippen molar-refractivity contribution in [3.63, 3.8) is 0 Å². The number of piperidine rings is 1. The maximum absolute atomic E-state index is 8.54. The second kappa shape index (κ2) is 5.26. The zero-order chi connectivity index (χ0) is 10.6. The third-order valence-electron chi connectivity index (χ3n) is 2.93. The summed E-state index contributed by atoms with van der Waals surface area (Å²) in [5, 5.41) is 9.41. The van der Waals surface area contributed by atoms with Gasteiger partial charge in [0.2, 0.25) is 6.19 Å². The van der Waals surface area contributed by atoms with Crippen LogP contribution in [0.4, 0.5) is 0 Å². The van der Waals surface area contributed by atoms with E-state index in [2.05, 4.69) is 23.7 Å². The lowest BCUT2D eigenvalue weighted by Gasteiger charge is -2.36. The Morgan fingerprint density at radius 3 is 2.71 bits per heavy atom. The van der Waals surface area contributed by atoms with Crippen LogP contribution in [-0.2, 0) is 0 Å². The minimum Gasteiger partial charge on any atom is -0.350 e. The molecule has 2 unspecified atom stereocenters. The number of likely N-dealkylation sites (tertiary alicyclic amines) is 1. The van der Waals surface area contributed by atoms with E-state index in [1.54, 1.807) is 11.8 Å². The van der Waals surface area contributed by atoms with Crippen LogP contribution < -0.4 is 0 Å². The smallest absolute Gasteiger partial charge is 0.208 e. The van der Waals surface area contributed by atoms with Gasteiger partial charge in [0, 0.05) is 13.1 Å². The summed E-state index contributed by atoms with van der Waals surface area (Å²) < 4.78 is 0. The van der Waals surface area contributed by atoms with E-state index in [-0.39, 0.29) is 0 Å². The highest BCUT2D eigenvalue weighted by Gasteiger charge is 2.24. The fraction of sp³-hybridized carbons (Fsp3) is 0.800. The van der Waals surface area contributed by atoms with Crippen molar-refractivity contribution in [2.75, 3.05) is 19.3 Å². The molecule has 1 aliphatic rings. The van der Waals surface area contributed by atoms with Crippen LogP contribution in [0.2, 0.25) is 0 Å². The second-order valence-corrected chi connectivity index (χ2v) is 4.66. The van der Waals surface area contributed by atoms with Crippen LogP contribution in [0.25, 0.3) is 0 Å². The van der Waals surface area contributed by atoms with Crippen molar-refractivity contribution in [1.82, 2.24) is 4.90 Å². The molecule has 0 aromatic carbocycles. The Bertz CT molecular complexity index is 257. The third-order valence-corrected chi connectivity index (χ3v) is 3.65. The van der Waals surface area contributed by atoms with Gasteiger partial charge in [0.25, 0.3) is 0 Å². The van der Waals surface area contributed by atoms with E-state index >= 15 is 0 Å². The van der Waals surface area contributed by atoms with Crippen molar-refractivity contribution in [2.24, 2.45) is 16.8 Å². The minimum absolute atomic E-state index is 0.694. The molecule has 1 saturated heterocycles. The SMILES string of the molecule is CSC(=NC#N)N1CCC(C)C(C)C1. The topological polar surface area (TPSA) is 39.4 Å². The lowest BCUT2D eigenvalue weighted by atomic mass is 9.89. The highest BCUT2D eigenvalue weighted by molar-refractivity contribution is 8.13. The van der Waals surface area contributed by atoms with E-state index in [9.17, 15) is 0 Å². The van der Waals surface area contributed by atoms with Crippen LogP contribution in [0.3, 0.4) is 0 Å². The molecular weight excluding hydrogens is 194 g/mol. The van der Waals surface area contributed by atoms with Gasteiger partial charge in [-0.05, 0) is 24.5 Å². The van der Waals surface area contributed by atoms with E-state index in [0.717, 1.165) is 24.2 Å². The van der Waals surface area contributed by atoms with Gasteiger partial charge in [-0.1, -0.05) is 25.6 Å². The Labute approximate surface area is 90.2 Å². The predicted octanol–water partition coefficient (Wildman–Crippen LogP) is 2.16. The summed E-state index contributed by atoms with van der Waals surface area (Å²) in [6.45, 7) is 6.62. The molecule has 0 spiro atoms. The second-order valence-electron chi connectivity index (χ2n) is 3.89. The number of nitrogens with zero attached hydrogens (tertiary/aromatic N) is 3. The summed E-state index contributed by atoms with van der Waals surface area (Å²) in [4.78, 5) is 6.06. The Balaban J connectivity index is 2.62. The fourth-order valence-corrected chi connectivity index (χ4v) is 2.28. The molecule has 78 valence electrons. The number of amidine groups is 1. The molecule has 0 amide bonds. The molecule has 0 radical (unpaired) electrons. The van der Waals surface area contributed by atoms with E-state index in [0.29, 0.717) is 5.92 Å². The Morgan fingerprint density at radius 1 is 1.50 bits per heavy atom. The van der Waals surface area contributed by atoms with Crippen molar-refractivity contribution in [3.05, 3.63) is 0 Å². The van der Waals surface area contributed by atoms with E-state index < -0.39 is 0 Å². The molecule has 0 aromatic heterocycles. The normalized spacial score (nSPS) is 28.7. The monoisotopic (exact) mass is 211 g/mol. The molecule has 0 aliphatic carbocycles. The number of thioether (sulfide) groups is 1. The van der Waals surface area contributed by atoms with Crippen molar-refractivity contribution >= 4 is 16.9 Å². The molecule has 3 nitrogen and oxygen atoms in total. The number of aliphatic imine (C=N–C) groups is 1. The first-order valence-electron chi connectivity index (χ1n) is 4.94. The van der Waals surface area contributed by atoms with E-state index in [1.807, 2.05) is 12.4 Å². The van der Waals surface area contributed by atoms with Crippen LogP contribution in [0.5, 0.6) is 0 Å². The lowest BCUT2D eigenvalue weighted by molar-refractivity contribution is 0.207. The molecular formula is C10H17N3S. The van der Waals surface area contributed by atoms with Gasteiger partial charge < -0.3 is 4.90 Å². The number of rotatable bonds is 0. The van der Waals surface area contributed by atoms with Gasteiger partial charge in [-0.15, -0.1) is 4.99 Å². The van der Waals surface area contributed by atoms with Gasteiger partial charge in [-0.2, -0.15) is 5.26 Å². The summed E-state index contributed by atoms with van der Waals surface area (Å²) in [5.41, 5.74) is 0. The summed E-state index contributed by atoms with van der Waals surface area (Å²) >= 11 is 1.56. The standard InChI is InChI=1S/C10H17N3S/c1-8-4-5-13(6-9(8)2)10(14-3)12-7-11/h8-9H,4-6H2,1-3H3. The van der Waals surface area contributed by atoms with Crippen LogP contribution in [0, 0.1) is 23.3 Å². The number of hydrogen-bond donors (Lipinski definition) is 0. The molecule has 0 aromatic rings. The molecule has 0 saturated carbocycles. The molecule has 1 heterocycles. The molecule has 1 aliphatic heterocycles. The summed E-state index contributed by atoms with van der Waals surface area (Å²) in [7, 11) is 0. The van der Waals surface area contributed by atoms with Gasteiger partial charge in [0.15, 0.2) is 5.17 Å². The van der Waals surface area contributed by atoms with Crippen LogP contribution in [-0.4, -0.2) is 29.4 Å². The predicted molar refractivity (Wildman–Crippen MR) is 61.1 cm³/mol. The summed E-state index contributed by atoms with van der Waals surface area (Å²) in [6, 6.07) is 0. The quantitative estimate of drug-likeness (QED) is 0.350. The lowest BCUT2D eigenvalue weighted by Crippen LogP contribution is -2.40. The zero-order valence-corrected chi connectivity index (χ0v) is 9.84. The molecule has 1 fully saturated rings. The molecule has 14 heavy (non-hydrogen) atoms. The third kappa shape index (κ3) is 2.65. The highest BCUT2D eigenvalue weighted by Crippen LogP contribution is 2.24. The number of hydrogen-bond acceptors (Lipinski definition) is 3. The zero-order valence-electron chi connectivity index (χ0n) is 9.03. The first kappa shape index (κ1) is 11.4. The first-order chi connectivity index (χ1) is 6.69. The van der Waals surface area contributed by atoms with Gasteiger partial charge in [0.05, 0.1) is 0 Å². The van der Waals surface area contributed by atoms with E-state index in [1.165, 1.54) is 6.42 Å². The summed E-state index contributed by atoms with van der Waals surface area (Å²) in [5.74, 6) is 1.48. The maximum Gasteiger partial charge on any atom is 0.208 e. The molecule has 2 atom stereocenters. The van der Waals surface area contributed by atoms with Crippen molar-refractivity contribution in [2.45, 2.75) is 20.3 Å². The van der Waals surface area contributed by atoms with Crippen LogP contribution >= 0.6 is 11.8 Å². The highest BCUT2D eigenvalue weighted by atomic mass is 32.2. The van der Waals surface area contributed by atoms with Gasteiger partial charge in [0.1, 0.15) is 0 Å². The fourth-order valence-electron chi connectivity index (χ4n) is 1.72. The number of nitriles is 1. The first-order valence-corrected chi connectivity index (χ1v) is 6.17. The molecule has 1 rings (SSSR count). The molecule has 0 bridgehead atoms. The van der Waals surface area contributed by atoms with Gasteiger partial charge in [-0.25, -0.2) is 0 Å². The van der Waals surface area contributed by atoms with Gasteiger partial charge >= 0.3 is 0 Å². The Morgan fingerprint density at radius 2 is 2.21 bits per heavy atom.